The first-order valence-electron chi connectivity index (χ1n) is 10.7. The fourth-order valence-electron chi connectivity index (χ4n) is 3.79. The van der Waals surface area contributed by atoms with Crippen LogP contribution in [0.1, 0.15) is 52.1 Å². The SMILES string of the molecule is CCNC(=NCC(c1ccccc1)N(CC)CC)NC1CCN(C(=O)CC)C1. The molecule has 28 heavy (non-hydrogen) atoms. The molecule has 0 spiro atoms. The van der Waals surface area contributed by atoms with E-state index in [1.165, 1.54) is 5.56 Å². The van der Waals surface area contributed by atoms with Gasteiger partial charge in [0.15, 0.2) is 5.96 Å². The molecule has 0 saturated carbocycles. The minimum absolute atomic E-state index is 0.233. The maximum Gasteiger partial charge on any atom is 0.222 e. The second-order valence-corrected chi connectivity index (χ2v) is 7.19. The summed E-state index contributed by atoms with van der Waals surface area (Å²) in [6.07, 6.45) is 1.54. The molecule has 1 aliphatic heterocycles. The molecule has 156 valence electrons. The highest BCUT2D eigenvalue weighted by Crippen LogP contribution is 2.20. The van der Waals surface area contributed by atoms with E-state index in [0.717, 1.165) is 45.1 Å². The summed E-state index contributed by atoms with van der Waals surface area (Å²) in [5.41, 5.74) is 1.30. The van der Waals surface area contributed by atoms with E-state index < -0.39 is 0 Å². The fraction of sp³-hybridized carbons (Fsp3) is 0.636. The molecule has 1 aromatic rings. The maximum atomic E-state index is 11.9. The predicted molar refractivity (Wildman–Crippen MR) is 116 cm³/mol. The number of guanidine groups is 1. The summed E-state index contributed by atoms with van der Waals surface area (Å²) in [6.45, 7) is 13.5. The van der Waals surface area contributed by atoms with Crippen molar-refractivity contribution in [2.45, 2.75) is 52.6 Å². The molecule has 0 radical (unpaired) electrons. The van der Waals surface area contributed by atoms with E-state index >= 15 is 0 Å². The van der Waals surface area contributed by atoms with Crippen molar-refractivity contribution in [2.75, 3.05) is 39.3 Å². The van der Waals surface area contributed by atoms with Gasteiger partial charge in [-0.3, -0.25) is 14.7 Å². The zero-order chi connectivity index (χ0) is 20.4. The van der Waals surface area contributed by atoms with Gasteiger partial charge < -0.3 is 15.5 Å². The molecule has 2 rings (SSSR count). The fourth-order valence-corrected chi connectivity index (χ4v) is 3.79. The van der Waals surface area contributed by atoms with Crippen molar-refractivity contribution in [1.29, 1.82) is 0 Å². The smallest absolute Gasteiger partial charge is 0.222 e. The Morgan fingerprint density at radius 2 is 1.93 bits per heavy atom. The third-order valence-corrected chi connectivity index (χ3v) is 5.39. The number of likely N-dealkylation sites (tertiary alicyclic amines) is 1. The lowest BCUT2D eigenvalue weighted by atomic mass is 10.1. The van der Waals surface area contributed by atoms with Crippen LogP contribution in [0.2, 0.25) is 0 Å². The van der Waals surface area contributed by atoms with Crippen LogP contribution in [-0.4, -0.2) is 67.0 Å². The van der Waals surface area contributed by atoms with Crippen molar-refractivity contribution in [3.05, 3.63) is 35.9 Å². The quantitative estimate of drug-likeness (QED) is 0.505. The molecule has 1 heterocycles. The Labute approximate surface area is 170 Å². The molecule has 2 N–H and O–H groups in total. The van der Waals surface area contributed by atoms with E-state index in [1.807, 2.05) is 11.8 Å². The Hall–Kier alpha value is -2.08. The Morgan fingerprint density at radius 3 is 2.54 bits per heavy atom. The molecular weight excluding hydrogens is 350 g/mol. The lowest BCUT2D eigenvalue weighted by Gasteiger charge is -2.29. The van der Waals surface area contributed by atoms with Crippen LogP contribution in [0.15, 0.2) is 35.3 Å². The number of rotatable bonds is 9. The molecule has 2 unspecified atom stereocenters. The molecule has 1 fully saturated rings. The number of hydrogen-bond acceptors (Lipinski definition) is 3. The molecule has 0 bridgehead atoms. The Bertz CT molecular complexity index is 615. The van der Waals surface area contributed by atoms with Gasteiger partial charge in [0.2, 0.25) is 5.91 Å². The normalized spacial score (nSPS) is 18.4. The van der Waals surface area contributed by atoms with Crippen molar-refractivity contribution in [1.82, 2.24) is 20.4 Å². The molecule has 1 saturated heterocycles. The van der Waals surface area contributed by atoms with Gasteiger partial charge in [-0.25, -0.2) is 0 Å². The monoisotopic (exact) mass is 387 g/mol. The first-order valence-corrected chi connectivity index (χ1v) is 10.7. The summed E-state index contributed by atoms with van der Waals surface area (Å²) in [6, 6.07) is 11.1. The van der Waals surface area contributed by atoms with Crippen LogP contribution < -0.4 is 10.6 Å². The highest BCUT2D eigenvalue weighted by atomic mass is 16.2. The Morgan fingerprint density at radius 1 is 1.21 bits per heavy atom. The van der Waals surface area contributed by atoms with Gasteiger partial charge in [0.05, 0.1) is 12.6 Å². The minimum Gasteiger partial charge on any atom is -0.357 e. The van der Waals surface area contributed by atoms with Gasteiger partial charge in [0.1, 0.15) is 0 Å². The van der Waals surface area contributed by atoms with Crippen LogP contribution in [0.25, 0.3) is 0 Å². The summed E-state index contributed by atoms with van der Waals surface area (Å²) < 4.78 is 0. The number of carbonyl (C=O) groups excluding carboxylic acids is 1. The molecular formula is C22H37N5O. The molecule has 6 heteroatoms. The van der Waals surface area contributed by atoms with E-state index in [1.54, 1.807) is 0 Å². The zero-order valence-electron chi connectivity index (χ0n) is 17.9. The van der Waals surface area contributed by atoms with Gasteiger partial charge >= 0.3 is 0 Å². The van der Waals surface area contributed by atoms with Gasteiger partial charge in [0, 0.05) is 32.1 Å². The van der Waals surface area contributed by atoms with Gasteiger partial charge in [-0.1, -0.05) is 51.1 Å². The number of nitrogens with one attached hydrogen (secondary N) is 2. The Balaban J connectivity index is 2.07. The maximum absolute atomic E-state index is 11.9. The van der Waals surface area contributed by atoms with E-state index in [0.29, 0.717) is 13.0 Å². The van der Waals surface area contributed by atoms with Crippen molar-refractivity contribution >= 4 is 11.9 Å². The summed E-state index contributed by atoms with van der Waals surface area (Å²) in [5.74, 6) is 1.07. The predicted octanol–water partition coefficient (Wildman–Crippen LogP) is 2.64. The molecule has 6 nitrogen and oxygen atoms in total. The van der Waals surface area contributed by atoms with Crippen molar-refractivity contribution in [3.8, 4) is 0 Å². The molecule has 1 aliphatic rings. The van der Waals surface area contributed by atoms with Crippen molar-refractivity contribution in [2.24, 2.45) is 4.99 Å². The zero-order valence-corrected chi connectivity index (χ0v) is 17.9. The first kappa shape index (κ1) is 22.2. The lowest BCUT2D eigenvalue weighted by molar-refractivity contribution is -0.129. The molecule has 0 aromatic heterocycles. The number of likely N-dealkylation sites (N-methyl/N-ethyl adjacent to an activating group) is 1. The molecule has 1 aromatic carbocycles. The minimum atomic E-state index is 0.233. The van der Waals surface area contributed by atoms with Crippen molar-refractivity contribution in [3.63, 3.8) is 0 Å². The van der Waals surface area contributed by atoms with Gasteiger partial charge in [0.25, 0.3) is 0 Å². The number of carbonyl (C=O) groups is 1. The summed E-state index contributed by atoms with van der Waals surface area (Å²) in [7, 11) is 0. The summed E-state index contributed by atoms with van der Waals surface area (Å²) >= 11 is 0. The molecule has 0 aliphatic carbocycles. The van der Waals surface area contributed by atoms with Crippen LogP contribution in [0.5, 0.6) is 0 Å². The third kappa shape index (κ3) is 6.23. The second kappa shape index (κ2) is 11.7. The van der Waals surface area contributed by atoms with Gasteiger partial charge in [-0.2, -0.15) is 0 Å². The highest BCUT2D eigenvalue weighted by Gasteiger charge is 2.26. The number of amides is 1. The number of benzene rings is 1. The van der Waals surface area contributed by atoms with Gasteiger partial charge in [-0.05, 0) is 32.0 Å². The lowest BCUT2D eigenvalue weighted by Crippen LogP contribution is -2.45. The average Bonchev–Trinajstić information content (AvgIpc) is 3.19. The second-order valence-electron chi connectivity index (χ2n) is 7.19. The largest absolute Gasteiger partial charge is 0.357 e. The summed E-state index contributed by atoms with van der Waals surface area (Å²) in [5, 5.41) is 6.90. The van der Waals surface area contributed by atoms with E-state index in [-0.39, 0.29) is 18.0 Å². The number of hydrogen-bond donors (Lipinski definition) is 2. The summed E-state index contributed by atoms with van der Waals surface area (Å²) in [4.78, 5) is 21.2. The van der Waals surface area contributed by atoms with E-state index in [4.69, 9.17) is 4.99 Å². The molecule has 2 atom stereocenters. The van der Waals surface area contributed by atoms with Crippen LogP contribution in [0.4, 0.5) is 0 Å². The van der Waals surface area contributed by atoms with E-state index in [9.17, 15) is 4.79 Å². The average molecular weight is 388 g/mol. The third-order valence-electron chi connectivity index (χ3n) is 5.39. The van der Waals surface area contributed by atoms with Gasteiger partial charge in [-0.15, -0.1) is 0 Å². The number of nitrogens with zero attached hydrogens (tertiary/aromatic N) is 3. The highest BCUT2D eigenvalue weighted by molar-refractivity contribution is 5.80. The Kier molecular flexibility index (Phi) is 9.28. The van der Waals surface area contributed by atoms with Crippen LogP contribution in [0, 0.1) is 0 Å². The van der Waals surface area contributed by atoms with Crippen LogP contribution in [-0.2, 0) is 4.79 Å². The number of aliphatic imine (C=N–C) groups is 1. The van der Waals surface area contributed by atoms with Crippen molar-refractivity contribution < 1.29 is 4.79 Å². The standard InChI is InChI=1S/C22H37N5O/c1-5-21(28)27-15-14-19(17-27)25-22(23-6-2)24-16-20(26(7-3)8-4)18-12-10-9-11-13-18/h9-13,19-20H,5-8,14-17H2,1-4H3,(H2,23,24,25). The van der Waals surface area contributed by atoms with Crippen LogP contribution in [0.3, 0.4) is 0 Å². The molecule has 1 amide bonds. The van der Waals surface area contributed by atoms with E-state index in [2.05, 4.69) is 66.6 Å². The first-order chi connectivity index (χ1) is 13.6. The topological polar surface area (TPSA) is 60.0 Å². The van der Waals surface area contributed by atoms with Crippen LogP contribution >= 0.6 is 0 Å².